The smallest absolute Gasteiger partial charge is 0.319 e. The normalized spacial score (nSPS) is 14.3. The van der Waals surface area contributed by atoms with Crippen molar-refractivity contribution >= 4 is 11.7 Å². The highest BCUT2D eigenvalue weighted by atomic mass is 19.1. The molecule has 1 fully saturated rings. The highest BCUT2D eigenvalue weighted by Crippen LogP contribution is 2.32. The van der Waals surface area contributed by atoms with Gasteiger partial charge in [0.2, 0.25) is 0 Å². The van der Waals surface area contributed by atoms with Gasteiger partial charge in [-0.2, -0.15) is 9.78 Å². The van der Waals surface area contributed by atoms with Crippen molar-refractivity contribution in [2.24, 2.45) is 5.92 Å². The minimum Gasteiger partial charge on any atom is -0.491 e. The number of hydrogen-bond acceptors (Lipinski definition) is 6. The first kappa shape index (κ1) is 18.8. The summed E-state index contributed by atoms with van der Waals surface area (Å²) < 4.78 is 20.7. The van der Waals surface area contributed by atoms with Gasteiger partial charge < -0.3 is 15.4 Å². The molecule has 1 aliphatic carbocycles. The Balaban J connectivity index is 1.43. The number of halogens is 1. The Labute approximate surface area is 166 Å². The number of urea groups is 1. The maximum absolute atomic E-state index is 13.6. The van der Waals surface area contributed by atoms with Gasteiger partial charge in [0.25, 0.3) is 5.95 Å². The van der Waals surface area contributed by atoms with E-state index in [0.29, 0.717) is 35.7 Å². The Hall–Kier alpha value is -3.56. The zero-order valence-corrected chi connectivity index (χ0v) is 15.7. The minimum atomic E-state index is -0.488. The summed E-state index contributed by atoms with van der Waals surface area (Å²) in [5.74, 6) is 1.21. The van der Waals surface area contributed by atoms with Crippen LogP contribution in [0.25, 0.3) is 5.95 Å². The van der Waals surface area contributed by atoms with Crippen LogP contribution in [0.4, 0.5) is 14.9 Å². The third-order valence-corrected chi connectivity index (χ3v) is 4.41. The van der Waals surface area contributed by atoms with Gasteiger partial charge in [0.15, 0.2) is 5.82 Å². The van der Waals surface area contributed by atoms with Gasteiger partial charge in [0.05, 0.1) is 18.3 Å². The van der Waals surface area contributed by atoms with Crippen molar-refractivity contribution in [1.82, 2.24) is 30.0 Å². The SMILES string of the molecule is CC(NC(=O)Nc1ccc(F)cc1OCC1CC1)c1ncnn1-c1ncccn1. The van der Waals surface area contributed by atoms with E-state index in [2.05, 4.69) is 30.7 Å². The summed E-state index contributed by atoms with van der Waals surface area (Å²) in [5.41, 5.74) is 0.393. The Morgan fingerprint density at radius 2 is 2.10 bits per heavy atom. The fourth-order valence-corrected chi connectivity index (χ4v) is 2.73. The number of nitrogens with one attached hydrogen (secondary N) is 2. The summed E-state index contributed by atoms with van der Waals surface area (Å²) >= 11 is 0. The second-order valence-electron chi connectivity index (χ2n) is 6.79. The van der Waals surface area contributed by atoms with E-state index in [1.807, 2.05) is 0 Å². The molecule has 2 N–H and O–H groups in total. The molecule has 0 saturated heterocycles. The van der Waals surface area contributed by atoms with Crippen LogP contribution in [0.1, 0.15) is 31.6 Å². The predicted molar refractivity (Wildman–Crippen MR) is 102 cm³/mol. The first-order chi connectivity index (χ1) is 14.1. The van der Waals surface area contributed by atoms with Gasteiger partial charge >= 0.3 is 6.03 Å². The quantitative estimate of drug-likeness (QED) is 0.635. The number of hydrogen-bond donors (Lipinski definition) is 2. The Bertz CT molecular complexity index is 991. The van der Waals surface area contributed by atoms with Crippen LogP contribution in [0, 0.1) is 11.7 Å². The number of carbonyl (C=O) groups is 1. The molecular weight excluding hydrogens is 377 g/mol. The predicted octanol–water partition coefficient (Wildman–Crippen LogP) is 2.87. The van der Waals surface area contributed by atoms with Gasteiger partial charge in [-0.25, -0.2) is 24.1 Å². The number of carbonyl (C=O) groups excluding carboxylic acids is 1. The molecule has 2 aromatic heterocycles. The third kappa shape index (κ3) is 4.65. The van der Waals surface area contributed by atoms with E-state index in [4.69, 9.17) is 4.74 Å². The lowest BCUT2D eigenvalue weighted by molar-refractivity contribution is 0.248. The Kier molecular flexibility index (Phi) is 5.32. The van der Waals surface area contributed by atoms with E-state index >= 15 is 0 Å². The van der Waals surface area contributed by atoms with Crippen molar-refractivity contribution in [2.75, 3.05) is 11.9 Å². The molecule has 1 saturated carbocycles. The molecule has 0 radical (unpaired) electrons. The van der Waals surface area contributed by atoms with Gasteiger partial charge in [-0.3, -0.25) is 0 Å². The maximum Gasteiger partial charge on any atom is 0.319 e. The van der Waals surface area contributed by atoms with Gasteiger partial charge in [-0.05, 0) is 43.9 Å². The summed E-state index contributed by atoms with van der Waals surface area (Å²) in [6.07, 6.45) is 6.78. The van der Waals surface area contributed by atoms with Crippen molar-refractivity contribution in [3.63, 3.8) is 0 Å². The fraction of sp³-hybridized carbons (Fsp3) is 0.316. The van der Waals surface area contributed by atoms with E-state index in [1.165, 1.54) is 29.2 Å². The number of nitrogens with zero attached hydrogens (tertiary/aromatic N) is 5. The van der Waals surface area contributed by atoms with Crippen LogP contribution in [0.2, 0.25) is 0 Å². The van der Waals surface area contributed by atoms with Gasteiger partial charge in [-0.1, -0.05) is 0 Å². The van der Waals surface area contributed by atoms with Crippen molar-refractivity contribution < 1.29 is 13.9 Å². The van der Waals surface area contributed by atoms with Crippen LogP contribution in [0.15, 0.2) is 43.0 Å². The molecule has 3 aromatic rings. The minimum absolute atomic E-state index is 0.306. The molecule has 1 atom stereocenters. The van der Waals surface area contributed by atoms with E-state index in [-0.39, 0.29) is 0 Å². The highest BCUT2D eigenvalue weighted by Gasteiger charge is 2.23. The van der Waals surface area contributed by atoms with Crippen LogP contribution in [-0.4, -0.2) is 37.4 Å². The molecule has 10 heteroatoms. The number of rotatable bonds is 7. The van der Waals surface area contributed by atoms with Crippen LogP contribution in [0.5, 0.6) is 5.75 Å². The number of amides is 2. The summed E-state index contributed by atoms with van der Waals surface area (Å²) in [6.45, 7) is 2.27. The summed E-state index contributed by atoms with van der Waals surface area (Å²) in [4.78, 5) is 25.0. The zero-order chi connectivity index (χ0) is 20.2. The van der Waals surface area contributed by atoms with Crippen LogP contribution in [0.3, 0.4) is 0 Å². The Morgan fingerprint density at radius 1 is 1.31 bits per heavy atom. The lowest BCUT2D eigenvalue weighted by atomic mass is 10.2. The summed E-state index contributed by atoms with van der Waals surface area (Å²) in [5, 5.41) is 9.60. The monoisotopic (exact) mass is 397 g/mol. The maximum atomic E-state index is 13.6. The van der Waals surface area contributed by atoms with E-state index in [0.717, 1.165) is 12.8 Å². The number of aromatic nitrogens is 5. The molecule has 0 aliphatic heterocycles. The number of ether oxygens (including phenoxy) is 1. The molecule has 1 aliphatic rings. The molecule has 1 aromatic carbocycles. The van der Waals surface area contributed by atoms with E-state index in [1.54, 1.807) is 25.4 Å². The van der Waals surface area contributed by atoms with Crippen molar-refractivity contribution in [3.8, 4) is 11.7 Å². The van der Waals surface area contributed by atoms with Crippen molar-refractivity contribution in [1.29, 1.82) is 0 Å². The number of benzene rings is 1. The first-order valence-electron chi connectivity index (χ1n) is 9.27. The standard InChI is InChI=1S/C19H20FN7O2/c1-12(17-23-11-24-27(17)18-21-7-2-8-22-18)25-19(28)26-15-6-5-14(20)9-16(15)29-10-13-3-4-13/h2,5-9,11-13H,3-4,10H2,1H3,(H2,25,26,28). The Morgan fingerprint density at radius 3 is 2.86 bits per heavy atom. The number of anilines is 1. The third-order valence-electron chi connectivity index (χ3n) is 4.41. The summed E-state index contributed by atoms with van der Waals surface area (Å²) in [7, 11) is 0. The molecule has 2 heterocycles. The van der Waals surface area contributed by atoms with Gasteiger partial charge in [0.1, 0.15) is 17.9 Å². The molecule has 29 heavy (non-hydrogen) atoms. The van der Waals surface area contributed by atoms with Crippen molar-refractivity contribution in [3.05, 3.63) is 54.6 Å². The van der Waals surface area contributed by atoms with Crippen molar-refractivity contribution in [2.45, 2.75) is 25.8 Å². The largest absolute Gasteiger partial charge is 0.491 e. The molecular formula is C19H20FN7O2. The molecule has 0 spiro atoms. The highest BCUT2D eigenvalue weighted by molar-refractivity contribution is 5.91. The average Bonchev–Trinajstić information content (AvgIpc) is 3.41. The molecule has 9 nitrogen and oxygen atoms in total. The van der Waals surface area contributed by atoms with Crippen LogP contribution < -0.4 is 15.4 Å². The second kappa shape index (κ2) is 8.21. The van der Waals surface area contributed by atoms with Gasteiger partial charge in [-0.15, -0.1) is 0 Å². The zero-order valence-electron chi connectivity index (χ0n) is 15.7. The molecule has 2 amide bonds. The molecule has 1 unspecified atom stereocenters. The average molecular weight is 397 g/mol. The lowest BCUT2D eigenvalue weighted by Crippen LogP contribution is -2.33. The lowest BCUT2D eigenvalue weighted by Gasteiger charge is -2.16. The van der Waals surface area contributed by atoms with Gasteiger partial charge in [0, 0.05) is 18.5 Å². The molecule has 0 bridgehead atoms. The summed E-state index contributed by atoms with van der Waals surface area (Å²) in [6, 6.07) is 4.74. The first-order valence-corrected chi connectivity index (χ1v) is 9.27. The van der Waals surface area contributed by atoms with Crippen LogP contribution in [-0.2, 0) is 0 Å². The molecule has 150 valence electrons. The fourth-order valence-electron chi connectivity index (χ4n) is 2.73. The van der Waals surface area contributed by atoms with Crippen LogP contribution >= 0.6 is 0 Å². The second-order valence-corrected chi connectivity index (χ2v) is 6.79. The van der Waals surface area contributed by atoms with E-state index in [9.17, 15) is 9.18 Å². The topological polar surface area (TPSA) is 107 Å². The molecule has 4 rings (SSSR count). The van der Waals surface area contributed by atoms with E-state index < -0.39 is 17.9 Å².